The molecule has 0 saturated carbocycles. The normalized spacial score (nSPS) is 16.2. The van der Waals surface area contributed by atoms with Crippen molar-refractivity contribution in [3.8, 4) is 11.3 Å². The second-order valence-electron chi connectivity index (χ2n) is 7.37. The highest BCUT2D eigenvalue weighted by molar-refractivity contribution is 6.43. The zero-order chi connectivity index (χ0) is 20.3. The van der Waals surface area contributed by atoms with E-state index in [0.717, 1.165) is 43.9 Å². The number of halogens is 2. The Balaban J connectivity index is 1.93. The van der Waals surface area contributed by atoms with Crippen molar-refractivity contribution in [3.05, 3.63) is 52.3 Å². The van der Waals surface area contributed by atoms with E-state index in [0.29, 0.717) is 33.5 Å². The van der Waals surface area contributed by atoms with Crippen LogP contribution in [-0.2, 0) is 6.61 Å². The lowest BCUT2D eigenvalue weighted by Gasteiger charge is -2.41. The molecule has 28 heavy (non-hydrogen) atoms. The Hall–Kier alpha value is -1.66. The monoisotopic (exact) mass is 420 g/mol. The molecule has 1 aromatic carbocycles. The standard InChI is InChI=1S/C21H26Cl2N4O/c1-3-7-21(13-24)8-10-27(11-9-21)20-17(12-28)26-19(14(2)25-20)15-5-4-6-16(22)18(15)23/h3-6,28H,1,7-13,24H2,2H3. The molecule has 1 aliphatic heterocycles. The number of rotatable bonds is 6. The number of aliphatic hydroxyl groups is 1. The van der Waals surface area contributed by atoms with Crippen molar-refractivity contribution in [1.29, 1.82) is 0 Å². The van der Waals surface area contributed by atoms with Gasteiger partial charge in [0.1, 0.15) is 5.69 Å². The number of anilines is 1. The van der Waals surface area contributed by atoms with Gasteiger partial charge in [-0.3, -0.25) is 0 Å². The van der Waals surface area contributed by atoms with Crippen molar-refractivity contribution >= 4 is 29.0 Å². The third kappa shape index (κ3) is 4.03. The first-order valence-electron chi connectivity index (χ1n) is 9.43. The van der Waals surface area contributed by atoms with Gasteiger partial charge in [-0.25, -0.2) is 9.97 Å². The Morgan fingerprint density at radius 3 is 2.61 bits per heavy atom. The second-order valence-corrected chi connectivity index (χ2v) is 8.16. The van der Waals surface area contributed by atoms with Crippen LogP contribution in [0.1, 0.15) is 30.7 Å². The maximum atomic E-state index is 9.95. The number of nitrogens with zero attached hydrogens (tertiary/aromatic N) is 3. The Kier molecular flexibility index (Phi) is 6.61. The van der Waals surface area contributed by atoms with Crippen LogP contribution in [0.25, 0.3) is 11.3 Å². The molecule has 0 bridgehead atoms. The highest BCUT2D eigenvalue weighted by atomic mass is 35.5. The zero-order valence-corrected chi connectivity index (χ0v) is 17.6. The molecule has 1 aromatic heterocycles. The number of hydrogen-bond acceptors (Lipinski definition) is 5. The van der Waals surface area contributed by atoms with Crippen molar-refractivity contribution in [2.45, 2.75) is 32.8 Å². The number of aromatic nitrogens is 2. The van der Waals surface area contributed by atoms with Crippen molar-refractivity contribution in [2.24, 2.45) is 11.1 Å². The van der Waals surface area contributed by atoms with Crippen LogP contribution >= 0.6 is 23.2 Å². The van der Waals surface area contributed by atoms with E-state index in [2.05, 4.69) is 11.5 Å². The first kappa shape index (κ1) is 21.1. The Morgan fingerprint density at radius 1 is 1.29 bits per heavy atom. The van der Waals surface area contributed by atoms with Crippen LogP contribution in [0.3, 0.4) is 0 Å². The van der Waals surface area contributed by atoms with Gasteiger partial charge in [-0.15, -0.1) is 6.58 Å². The lowest BCUT2D eigenvalue weighted by atomic mass is 9.76. The Labute approximate surface area is 176 Å². The maximum Gasteiger partial charge on any atom is 0.153 e. The van der Waals surface area contributed by atoms with Crippen LogP contribution in [0.15, 0.2) is 30.9 Å². The predicted octanol–water partition coefficient (Wildman–Crippen LogP) is 4.37. The number of hydrogen-bond donors (Lipinski definition) is 2. The van der Waals surface area contributed by atoms with Gasteiger partial charge in [0.15, 0.2) is 5.82 Å². The summed E-state index contributed by atoms with van der Waals surface area (Å²) in [4.78, 5) is 11.7. The average Bonchev–Trinajstić information content (AvgIpc) is 2.71. The molecule has 1 saturated heterocycles. The molecule has 1 aliphatic rings. The number of allylic oxidation sites excluding steroid dienone is 1. The minimum absolute atomic E-state index is 0.106. The van der Waals surface area contributed by atoms with Crippen LogP contribution in [0.2, 0.25) is 10.0 Å². The summed E-state index contributed by atoms with van der Waals surface area (Å²) < 4.78 is 0. The van der Waals surface area contributed by atoms with Gasteiger partial charge in [-0.05, 0) is 44.2 Å². The predicted molar refractivity (Wildman–Crippen MR) is 116 cm³/mol. The summed E-state index contributed by atoms with van der Waals surface area (Å²) in [5.74, 6) is 0.728. The molecular weight excluding hydrogens is 395 g/mol. The van der Waals surface area contributed by atoms with E-state index in [1.54, 1.807) is 6.07 Å². The third-order valence-electron chi connectivity index (χ3n) is 5.61. The van der Waals surface area contributed by atoms with Crippen LogP contribution in [0, 0.1) is 12.3 Å². The molecule has 2 heterocycles. The molecule has 0 unspecified atom stereocenters. The Morgan fingerprint density at radius 2 is 2.00 bits per heavy atom. The topological polar surface area (TPSA) is 75.3 Å². The molecule has 3 N–H and O–H groups in total. The van der Waals surface area contributed by atoms with Gasteiger partial charge in [0.05, 0.1) is 28.0 Å². The minimum atomic E-state index is -0.195. The number of nitrogens with two attached hydrogens (primary N) is 1. The minimum Gasteiger partial charge on any atom is -0.390 e. The van der Waals surface area contributed by atoms with Crippen LogP contribution in [0.5, 0.6) is 0 Å². The van der Waals surface area contributed by atoms with E-state index >= 15 is 0 Å². The van der Waals surface area contributed by atoms with E-state index < -0.39 is 0 Å². The van der Waals surface area contributed by atoms with Gasteiger partial charge in [0, 0.05) is 18.7 Å². The fourth-order valence-corrected chi connectivity index (χ4v) is 4.22. The van der Waals surface area contributed by atoms with Gasteiger partial charge < -0.3 is 15.7 Å². The van der Waals surface area contributed by atoms with Crippen LogP contribution in [0.4, 0.5) is 5.82 Å². The van der Waals surface area contributed by atoms with E-state index in [9.17, 15) is 5.11 Å². The van der Waals surface area contributed by atoms with E-state index in [1.165, 1.54) is 0 Å². The van der Waals surface area contributed by atoms with E-state index in [1.807, 2.05) is 25.1 Å². The summed E-state index contributed by atoms with van der Waals surface area (Å²) in [5.41, 5.74) is 8.79. The molecular formula is C21H26Cl2N4O. The quantitative estimate of drug-likeness (QED) is 0.678. The number of piperidine rings is 1. The number of aliphatic hydroxyl groups excluding tert-OH is 1. The fourth-order valence-electron chi connectivity index (χ4n) is 3.83. The highest BCUT2D eigenvalue weighted by Crippen LogP contribution is 2.38. The molecule has 0 spiro atoms. The maximum absolute atomic E-state index is 9.95. The van der Waals surface area contributed by atoms with Gasteiger partial charge in [0.2, 0.25) is 0 Å². The molecule has 0 aliphatic carbocycles. The molecule has 0 radical (unpaired) electrons. The van der Waals surface area contributed by atoms with Crippen molar-refractivity contribution in [3.63, 3.8) is 0 Å². The molecule has 7 heteroatoms. The highest BCUT2D eigenvalue weighted by Gasteiger charge is 2.33. The molecule has 0 atom stereocenters. The van der Waals surface area contributed by atoms with E-state index in [-0.39, 0.29) is 12.0 Å². The smallest absolute Gasteiger partial charge is 0.153 e. The van der Waals surface area contributed by atoms with Gasteiger partial charge in [0.25, 0.3) is 0 Å². The number of aryl methyl sites for hydroxylation is 1. The summed E-state index contributed by atoms with van der Waals surface area (Å²) in [6, 6.07) is 5.42. The molecule has 0 amide bonds. The summed E-state index contributed by atoms with van der Waals surface area (Å²) >= 11 is 12.5. The molecule has 150 valence electrons. The second kappa shape index (κ2) is 8.78. The van der Waals surface area contributed by atoms with Gasteiger partial charge in [-0.1, -0.05) is 41.4 Å². The zero-order valence-electron chi connectivity index (χ0n) is 16.1. The van der Waals surface area contributed by atoms with Crippen molar-refractivity contribution in [1.82, 2.24) is 9.97 Å². The van der Waals surface area contributed by atoms with Gasteiger partial charge >= 0.3 is 0 Å². The summed E-state index contributed by atoms with van der Waals surface area (Å²) in [6.07, 6.45) is 4.79. The SMILES string of the molecule is C=CCC1(CN)CCN(c2nc(C)c(-c3cccc(Cl)c3Cl)nc2CO)CC1. The van der Waals surface area contributed by atoms with Crippen molar-refractivity contribution < 1.29 is 5.11 Å². The van der Waals surface area contributed by atoms with Crippen LogP contribution < -0.4 is 10.6 Å². The number of benzene rings is 1. The third-order valence-corrected chi connectivity index (χ3v) is 6.43. The molecule has 5 nitrogen and oxygen atoms in total. The first-order valence-corrected chi connectivity index (χ1v) is 10.2. The molecule has 1 fully saturated rings. The summed E-state index contributed by atoms with van der Waals surface area (Å²) in [6.45, 7) is 7.87. The fraction of sp³-hybridized carbons (Fsp3) is 0.429. The van der Waals surface area contributed by atoms with Crippen molar-refractivity contribution in [2.75, 3.05) is 24.5 Å². The average molecular weight is 421 g/mol. The lowest BCUT2D eigenvalue weighted by molar-refractivity contribution is 0.229. The summed E-state index contributed by atoms with van der Waals surface area (Å²) in [7, 11) is 0. The van der Waals surface area contributed by atoms with E-state index in [4.69, 9.17) is 38.9 Å². The largest absolute Gasteiger partial charge is 0.390 e. The molecule has 2 aromatic rings. The van der Waals surface area contributed by atoms with Gasteiger partial charge in [-0.2, -0.15) is 0 Å². The molecule has 3 rings (SSSR count). The Bertz CT molecular complexity index is 864. The first-order chi connectivity index (χ1) is 13.4. The lowest BCUT2D eigenvalue weighted by Crippen LogP contribution is -2.44. The summed E-state index contributed by atoms with van der Waals surface area (Å²) in [5, 5.41) is 10.8. The van der Waals surface area contributed by atoms with Crippen LogP contribution in [-0.4, -0.2) is 34.7 Å².